The number of rotatable bonds is 6. The van der Waals surface area contributed by atoms with Crippen molar-refractivity contribution in [3.63, 3.8) is 0 Å². The van der Waals surface area contributed by atoms with Crippen LogP contribution in [0.5, 0.6) is 0 Å². The van der Waals surface area contributed by atoms with Gasteiger partial charge in [-0.25, -0.2) is 4.79 Å². The van der Waals surface area contributed by atoms with Crippen LogP contribution in [0, 0.1) is 0 Å². The molecule has 3 N–H and O–H groups in total. The highest BCUT2D eigenvalue weighted by molar-refractivity contribution is 5.94. The van der Waals surface area contributed by atoms with Gasteiger partial charge in [0.1, 0.15) is 11.8 Å². The fourth-order valence-corrected chi connectivity index (χ4v) is 3.01. The molecule has 0 unspecified atom stereocenters. The highest BCUT2D eigenvalue weighted by Gasteiger charge is 2.29. The number of aromatic nitrogens is 1. The molecule has 3 aromatic rings. The largest absolute Gasteiger partial charge is 0.480 e. The van der Waals surface area contributed by atoms with Gasteiger partial charge in [0.15, 0.2) is 5.76 Å². The molecule has 2 aromatic heterocycles. The summed E-state index contributed by atoms with van der Waals surface area (Å²) in [5, 5.41) is 13.0. The van der Waals surface area contributed by atoms with Crippen LogP contribution >= 0.6 is 0 Å². The van der Waals surface area contributed by atoms with Crippen LogP contribution < -0.4 is 5.32 Å². The number of benzene rings is 1. The summed E-state index contributed by atoms with van der Waals surface area (Å²) in [4.78, 5) is 27.0. The van der Waals surface area contributed by atoms with Crippen molar-refractivity contribution in [3.8, 4) is 0 Å². The second-order valence-corrected chi connectivity index (χ2v) is 6.40. The molecule has 128 valence electrons. The van der Waals surface area contributed by atoms with Crippen molar-refractivity contribution in [1.29, 1.82) is 0 Å². The van der Waals surface area contributed by atoms with Gasteiger partial charge in [-0.15, -0.1) is 0 Å². The van der Waals surface area contributed by atoms with Crippen molar-refractivity contribution in [2.45, 2.75) is 31.2 Å². The standard InChI is InChI=1S/C19H18N2O4/c22-18(17-8-7-16(25-17)11-5-6-11)21-15(19(23)24)9-12-10-20-14-4-2-1-3-13(12)14/h1-4,7-8,10-11,15,20H,5-6,9H2,(H,21,22)(H,23,24)/t15-/m1/s1. The first-order valence-corrected chi connectivity index (χ1v) is 8.30. The maximum absolute atomic E-state index is 12.3. The highest BCUT2D eigenvalue weighted by Crippen LogP contribution is 2.40. The van der Waals surface area contributed by atoms with E-state index in [2.05, 4.69) is 10.3 Å². The van der Waals surface area contributed by atoms with E-state index in [0.29, 0.717) is 5.92 Å². The second kappa shape index (κ2) is 6.12. The maximum Gasteiger partial charge on any atom is 0.326 e. The molecule has 6 nitrogen and oxygen atoms in total. The van der Waals surface area contributed by atoms with E-state index >= 15 is 0 Å². The summed E-state index contributed by atoms with van der Waals surface area (Å²) in [6.07, 6.45) is 4.13. The molecule has 25 heavy (non-hydrogen) atoms. The number of amides is 1. The molecule has 4 rings (SSSR count). The maximum atomic E-state index is 12.3. The van der Waals surface area contributed by atoms with Crippen LogP contribution in [0.3, 0.4) is 0 Å². The number of hydrogen-bond acceptors (Lipinski definition) is 3. The predicted molar refractivity (Wildman–Crippen MR) is 91.6 cm³/mol. The molecular formula is C19H18N2O4. The van der Waals surface area contributed by atoms with E-state index in [1.54, 1.807) is 18.3 Å². The summed E-state index contributed by atoms with van der Waals surface area (Å²) in [7, 11) is 0. The van der Waals surface area contributed by atoms with Gasteiger partial charge in [-0.1, -0.05) is 18.2 Å². The van der Waals surface area contributed by atoms with Crippen LogP contribution in [0.4, 0.5) is 0 Å². The van der Waals surface area contributed by atoms with Crippen molar-refractivity contribution in [2.24, 2.45) is 0 Å². The molecule has 1 saturated carbocycles. The summed E-state index contributed by atoms with van der Waals surface area (Å²) in [5.41, 5.74) is 1.79. The number of para-hydroxylation sites is 1. The first-order chi connectivity index (χ1) is 12.1. The van der Waals surface area contributed by atoms with Crippen LogP contribution in [0.25, 0.3) is 10.9 Å². The number of H-pyrrole nitrogens is 1. The number of carbonyl (C=O) groups excluding carboxylic acids is 1. The Morgan fingerprint density at radius 3 is 2.80 bits per heavy atom. The van der Waals surface area contributed by atoms with Gasteiger partial charge in [-0.3, -0.25) is 4.79 Å². The Balaban J connectivity index is 1.50. The lowest BCUT2D eigenvalue weighted by molar-refractivity contribution is -0.139. The normalized spacial score (nSPS) is 15.2. The number of carbonyl (C=O) groups is 2. The number of furan rings is 1. The number of hydrogen-bond donors (Lipinski definition) is 3. The quantitative estimate of drug-likeness (QED) is 0.644. The fourth-order valence-electron chi connectivity index (χ4n) is 3.01. The zero-order valence-corrected chi connectivity index (χ0v) is 13.5. The molecule has 6 heteroatoms. The number of carboxylic acid groups (broad SMARTS) is 1. The van der Waals surface area contributed by atoms with Gasteiger partial charge in [-0.2, -0.15) is 0 Å². The molecule has 0 radical (unpaired) electrons. The minimum absolute atomic E-state index is 0.159. The van der Waals surface area contributed by atoms with Gasteiger partial charge in [0.05, 0.1) is 0 Å². The van der Waals surface area contributed by atoms with E-state index in [1.807, 2.05) is 24.3 Å². The third-order valence-corrected chi connectivity index (χ3v) is 4.53. The zero-order valence-electron chi connectivity index (χ0n) is 13.5. The first-order valence-electron chi connectivity index (χ1n) is 8.30. The van der Waals surface area contributed by atoms with Crippen LogP contribution in [0.15, 0.2) is 47.0 Å². The Kier molecular flexibility index (Phi) is 3.80. The number of carboxylic acids is 1. The van der Waals surface area contributed by atoms with E-state index in [1.165, 1.54) is 0 Å². The van der Waals surface area contributed by atoms with Crippen molar-refractivity contribution in [3.05, 3.63) is 59.7 Å². The molecular weight excluding hydrogens is 320 g/mol. The third kappa shape index (κ3) is 3.15. The van der Waals surface area contributed by atoms with E-state index in [4.69, 9.17) is 4.42 Å². The average Bonchev–Trinajstić information content (AvgIpc) is 3.19. The molecule has 1 aliphatic carbocycles. The Morgan fingerprint density at radius 1 is 1.24 bits per heavy atom. The smallest absolute Gasteiger partial charge is 0.326 e. The van der Waals surface area contributed by atoms with E-state index < -0.39 is 17.9 Å². The number of aliphatic carboxylic acids is 1. The van der Waals surface area contributed by atoms with Gasteiger partial charge < -0.3 is 19.8 Å². The van der Waals surface area contributed by atoms with Gasteiger partial charge >= 0.3 is 5.97 Å². The zero-order chi connectivity index (χ0) is 17.4. The van der Waals surface area contributed by atoms with Crippen molar-refractivity contribution in [1.82, 2.24) is 10.3 Å². The molecule has 0 spiro atoms. The Bertz CT molecular complexity index is 936. The Hall–Kier alpha value is -3.02. The Labute approximate surface area is 143 Å². The van der Waals surface area contributed by atoms with Crippen molar-refractivity contribution < 1.29 is 19.1 Å². The second-order valence-electron chi connectivity index (χ2n) is 6.40. The van der Waals surface area contributed by atoms with Gasteiger partial charge in [0, 0.05) is 29.4 Å². The van der Waals surface area contributed by atoms with E-state index in [-0.39, 0.29) is 12.2 Å². The van der Waals surface area contributed by atoms with Crippen LogP contribution in [-0.2, 0) is 11.2 Å². The van der Waals surface area contributed by atoms with E-state index in [9.17, 15) is 14.7 Å². The molecule has 2 heterocycles. The van der Waals surface area contributed by atoms with Gasteiger partial charge in [-0.05, 0) is 36.6 Å². The van der Waals surface area contributed by atoms with Crippen molar-refractivity contribution in [2.75, 3.05) is 0 Å². The summed E-state index contributed by atoms with van der Waals surface area (Å²) in [6.45, 7) is 0. The lowest BCUT2D eigenvalue weighted by atomic mass is 10.0. The SMILES string of the molecule is O=C(N[C@H](Cc1c[nH]c2ccccc12)C(=O)O)c1ccc(C2CC2)o1. The molecule has 1 atom stereocenters. The molecule has 0 aliphatic heterocycles. The van der Waals surface area contributed by atoms with Crippen molar-refractivity contribution >= 4 is 22.8 Å². The molecule has 1 fully saturated rings. The average molecular weight is 338 g/mol. The summed E-state index contributed by atoms with van der Waals surface area (Å²) in [5.74, 6) is -0.212. The molecule has 1 amide bonds. The van der Waals surface area contributed by atoms with E-state index in [0.717, 1.165) is 35.1 Å². The van der Waals surface area contributed by atoms with Crippen LogP contribution in [-0.4, -0.2) is 28.0 Å². The lowest BCUT2D eigenvalue weighted by Crippen LogP contribution is -2.42. The van der Waals surface area contributed by atoms with Crippen LogP contribution in [0.2, 0.25) is 0 Å². The fraction of sp³-hybridized carbons (Fsp3) is 0.263. The van der Waals surface area contributed by atoms with Crippen LogP contribution in [0.1, 0.15) is 40.6 Å². The first kappa shape index (κ1) is 15.5. The predicted octanol–water partition coefficient (Wildman–Crippen LogP) is 3.06. The summed E-state index contributed by atoms with van der Waals surface area (Å²) < 4.78 is 5.54. The monoisotopic (exact) mass is 338 g/mol. The topological polar surface area (TPSA) is 95.3 Å². The molecule has 1 aliphatic rings. The molecule has 1 aromatic carbocycles. The summed E-state index contributed by atoms with van der Waals surface area (Å²) >= 11 is 0. The summed E-state index contributed by atoms with van der Waals surface area (Å²) in [6, 6.07) is 10.0. The third-order valence-electron chi connectivity index (χ3n) is 4.53. The minimum Gasteiger partial charge on any atom is -0.480 e. The number of nitrogens with one attached hydrogen (secondary N) is 2. The highest BCUT2D eigenvalue weighted by atomic mass is 16.4. The minimum atomic E-state index is -1.08. The Morgan fingerprint density at radius 2 is 2.04 bits per heavy atom. The van der Waals surface area contributed by atoms with Gasteiger partial charge in [0.25, 0.3) is 5.91 Å². The number of aromatic amines is 1. The lowest BCUT2D eigenvalue weighted by Gasteiger charge is -2.13. The molecule has 0 bridgehead atoms. The number of fused-ring (bicyclic) bond motifs is 1. The molecule has 0 saturated heterocycles. The van der Waals surface area contributed by atoms with Gasteiger partial charge in [0.2, 0.25) is 0 Å².